The van der Waals surface area contributed by atoms with Crippen molar-refractivity contribution in [1.82, 2.24) is 4.90 Å². The molecule has 0 N–H and O–H groups in total. The summed E-state index contributed by atoms with van der Waals surface area (Å²) in [5, 5.41) is 0. The Hall–Kier alpha value is -2.20. The number of ether oxygens (including phenoxy) is 1. The van der Waals surface area contributed by atoms with Gasteiger partial charge in [0.05, 0.1) is 19.1 Å². The van der Waals surface area contributed by atoms with E-state index in [4.69, 9.17) is 4.74 Å². The van der Waals surface area contributed by atoms with Gasteiger partial charge >= 0.3 is 0 Å². The van der Waals surface area contributed by atoms with Crippen molar-refractivity contribution in [2.75, 3.05) is 13.1 Å². The van der Waals surface area contributed by atoms with Crippen LogP contribution in [0, 0.1) is 5.82 Å². The lowest BCUT2D eigenvalue weighted by Gasteiger charge is -2.17. The molecular weight excluding hydrogens is 293 g/mol. The van der Waals surface area contributed by atoms with Gasteiger partial charge in [-0.3, -0.25) is 4.79 Å². The number of carbonyl (C=O) groups is 1. The van der Waals surface area contributed by atoms with Gasteiger partial charge in [0.2, 0.25) is 5.91 Å². The zero-order chi connectivity index (χ0) is 16.1. The van der Waals surface area contributed by atoms with E-state index >= 15 is 0 Å². The molecule has 1 aliphatic rings. The largest absolute Gasteiger partial charge is 0.372 e. The molecule has 2 aromatic carbocycles. The SMILES string of the molecule is O=C(Cc1ccccc1F)N1CCC(OCc2ccccc2)C1. The molecule has 1 atom stereocenters. The second-order valence-corrected chi connectivity index (χ2v) is 5.82. The summed E-state index contributed by atoms with van der Waals surface area (Å²) in [5.74, 6) is -0.363. The number of hydrogen-bond donors (Lipinski definition) is 0. The maximum Gasteiger partial charge on any atom is 0.227 e. The van der Waals surface area contributed by atoms with Gasteiger partial charge in [-0.15, -0.1) is 0 Å². The van der Waals surface area contributed by atoms with Crippen LogP contribution in [-0.2, 0) is 22.6 Å². The molecule has 0 bridgehead atoms. The lowest BCUT2D eigenvalue weighted by Crippen LogP contribution is -2.31. The summed E-state index contributed by atoms with van der Waals surface area (Å²) in [4.78, 5) is 14.1. The minimum Gasteiger partial charge on any atom is -0.372 e. The number of halogens is 1. The molecule has 1 amide bonds. The fraction of sp³-hybridized carbons (Fsp3) is 0.316. The number of nitrogens with zero attached hydrogens (tertiary/aromatic N) is 1. The van der Waals surface area contributed by atoms with Gasteiger partial charge < -0.3 is 9.64 Å². The Kier molecular flexibility index (Phi) is 5.03. The van der Waals surface area contributed by atoms with Crippen molar-refractivity contribution in [2.45, 2.75) is 25.6 Å². The molecule has 1 aliphatic heterocycles. The molecule has 1 fully saturated rings. The lowest BCUT2D eigenvalue weighted by atomic mass is 10.1. The molecular formula is C19H20FNO2. The molecule has 1 unspecified atom stereocenters. The molecule has 1 saturated heterocycles. The van der Waals surface area contributed by atoms with Crippen LogP contribution in [0.25, 0.3) is 0 Å². The lowest BCUT2D eigenvalue weighted by molar-refractivity contribution is -0.130. The third kappa shape index (κ3) is 4.17. The highest BCUT2D eigenvalue weighted by Crippen LogP contribution is 2.17. The van der Waals surface area contributed by atoms with E-state index in [0.29, 0.717) is 25.3 Å². The van der Waals surface area contributed by atoms with E-state index in [9.17, 15) is 9.18 Å². The molecule has 2 aromatic rings. The van der Waals surface area contributed by atoms with Crippen LogP contribution in [0.4, 0.5) is 4.39 Å². The number of rotatable bonds is 5. The summed E-state index contributed by atoms with van der Waals surface area (Å²) < 4.78 is 19.5. The molecule has 120 valence electrons. The van der Waals surface area contributed by atoms with E-state index in [1.54, 1.807) is 23.1 Å². The van der Waals surface area contributed by atoms with Crippen molar-refractivity contribution in [1.29, 1.82) is 0 Å². The summed E-state index contributed by atoms with van der Waals surface area (Å²) in [5.41, 5.74) is 1.58. The Morgan fingerprint density at radius 3 is 2.65 bits per heavy atom. The first kappa shape index (κ1) is 15.7. The van der Waals surface area contributed by atoms with E-state index < -0.39 is 0 Å². The standard InChI is InChI=1S/C19H20FNO2/c20-18-9-5-4-8-16(18)12-19(22)21-11-10-17(13-21)23-14-15-6-2-1-3-7-15/h1-9,17H,10-14H2. The predicted molar refractivity (Wildman–Crippen MR) is 86.3 cm³/mol. The summed E-state index contributed by atoms with van der Waals surface area (Å²) in [6.07, 6.45) is 0.994. The summed E-state index contributed by atoms with van der Waals surface area (Å²) in [6, 6.07) is 16.4. The molecule has 4 heteroatoms. The molecule has 0 saturated carbocycles. The Bertz CT molecular complexity index is 659. The Balaban J connectivity index is 1.49. The fourth-order valence-electron chi connectivity index (χ4n) is 2.80. The minimum atomic E-state index is -0.322. The maximum absolute atomic E-state index is 13.6. The van der Waals surface area contributed by atoms with E-state index in [2.05, 4.69) is 0 Å². The molecule has 3 nitrogen and oxygen atoms in total. The summed E-state index contributed by atoms with van der Waals surface area (Å²) in [7, 11) is 0. The number of benzene rings is 2. The third-order valence-corrected chi connectivity index (χ3v) is 4.13. The van der Waals surface area contributed by atoms with Gasteiger partial charge in [0.15, 0.2) is 0 Å². The summed E-state index contributed by atoms with van der Waals surface area (Å²) >= 11 is 0. The van der Waals surface area contributed by atoms with Gasteiger partial charge in [-0.2, -0.15) is 0 Å². The van der Waals surface area contributed by atoms with E-state index in [1.807, 2.05) is 30.3 Å². The number of likely N-dealkylation sites (tertiary alicyclic amines) is 1. The van der Waals surface area contributed by atoms with Gasteiger partial charge in [-0.05, 0) is 23.6 Å². The van der Waals surface area contributed by atoms with Crippen LogP contribution in [-0.4, -0.2) is 30.0 Å². The van der Waals surface area contributed by atoms with E-state index in [0.717, 1.165) is 12.0 Å². The number of amides is 1. The van der Waals surface area contributed by atoms with Gasteiger partial charge in [-0.25, -0.2) is 4.39 Å². The molecule has 0 aliphatic carbocycles. The zero-order valence-corrected chi connectivity index (χ0v) is 13.0. The molecule has 0 radical (unpaired) electrons. The second-order valence-electron chi connectivity index (χ2n) is 5.82. The molecule has 0 aromatic heterocycles. The number of carbonyl (C=O) groups excluding carboxylic acids is 1. The topological polar surface area (TPSA) is 29.5 Å². The van der Waals surface area contributed by atoms with Crippen molar-refractivity contribution in [3.63, 3.8) is 0 Å². The highest BCUT2D eigenvalue weighted by atomic mass is 19.1. The second kappa shape index (κ2) is 7.38. The van der Waals surface area contributed by atoms with Crippen LogP contribution in [0.3, 0.4) is 0 Å². The van der Waals surface area contributed by atoms with E-state index in [1.165, 1.54) is 6.07 Å². The highest BCUT2D eigenvalue weighted by molar-refractivity contribution is 5.79. The first-order valence-electron chi connectivity index (χ1n) is 7.89. The van der Waals surface area contributed by atoms with Crippen LogP contribution >= 0.6 is 0 Å². The Morgan fingerprint density at radius 1 is 1.13 bits per heavy atom. The quantitative estimate of drug-likeness (QED) is 0.848. The van der Waals surface area contributed by atoms with Crippen LogP contribution in [0.1, 0.15) is 17.5 Å². The average Bonchev–Trinajstić information content (AvgIpc) is 3.05. The Labute approximate surface area is 135 Å². The highest BCUT2D eigenvalue weighted by Gasteiger charge is 2.27. The van der Waals surface area contributed by atoms with Crippen LogP contribution in [0.5, 0.6) is 0 Å². The monoisotopic (exact) mass is 313 g/mol. The number of hydrogen-bond acceptors (Lipinski definition) is 2. The zero-order valence-electron chi connectivity index (χ0n) is 13.0. The maximum atomic E-state index is 13.6. The van der Waals surface area contributed by atoms with Crippen molar-refractivity contribution in [3.8, 4) is 0 Å². The molecule has 1 heterocycles. The normalized spacial score (nSPS) is 17.4. The van der Waals surface area contributed by atoms with E-state index in [-0.39, 0.29) is 24.2 Å². The minimum absolute atomic E-state index is 0.0408. The predicted octanol–water partition coefficient (Wildman–Crippen LogP) is 3.19. The molecule has 0 spiro atoms. The van der Waals surface area contributed by atoms with Crippen LogP contribution < -0.4 is 0 Å². The molecule has 3 rings (SSSR count). The third-order valence-electron chi connectivity index (χ3n) is 4.13. The van der Waals surface area contributed by atoms with Crippen LogP contribution in [0.2, 0.25) is 0 Å². The van der Waals surface area contributed by atoms with Gasteiger partial charge in [0, 0.05) is 13.1 Å². The van der Waals surface area contributed by atoms with Crippen molar-refractivity contribution in [2.24, 2.45) is 0 Å². The fourth-order valence-corrected chi connectivity index (χ4v) is 2.80. The van der Waals surface area contributed by atoms with Crippen molar-refractivity contribution < 1.29 is 13.9 Å². The Morgan fingerprint density at radius 2 is 1.87 bits per heavy atom. The average molecular weight is 313 g/mol. The first-order chi connectivity index (χ1) is 11.2. The van der Waals surface area contributed by atoms with Gasteiger partial charge in [0.25, 0.3) is 0 Å². The van der Waals surface area contributed by atoms with Crippen molar-refractivity contribution in [3.05, 3.63) is 71.5 Å². The smallest absolute Gasteiger partial charge is 0.227 e. The molecule has 23 heavy (non-hydrogen) atoms. The first-order valence-corrected chi connectivity index (χ1v) is 7.89. The van der Waals surface area contributed by atoms with Gasteiger partial charge in [0.1, 0.15) is 5.82 Å². The summed E-state index contributed by atoms with van der Waals surface area (Å²) in [6.45, 7) is 1.81. The van der Waals surface area contributed by atoms with Crippen molar-refractivity contribution >= 4 is 5.91 Å². The van der Waals surface area contributed by atoms with Gasteiger partial charge in [-0.1, -0.05) is 48.5 Å². The van der Waals surface area contributed by atoms with Crippen LogP contribution in [0.15, 0.2) is 54.6 Å².